The average Bonchev–Trinajstić information content (AvgIpc) is 3.39. The third-order valence-corrected chi connectivity index (χ3v) is 6.49. The molecule has 0 spiro atoms. The zero-order valence-electron chi connectivity index (χ0n) is 16.6. The number of pyridine rings is 1. The summed E-state index contributed by atoms with van der Waals surface area (Å²) >= 11 is 0. The highest BCUT2D eigenvalue weighted by Crippen LogP contribution is 2.44. The van der Waals surface area contributed by atoms with Crippen LogP contribution in [0, 0.1) is 5.92 Å². The normalized spacial score (nSPS) is 20.3. The van der Waals surface area contributed by atoms with Crippen molar-refractivity contribution in [2.45, 2.75) is 64.2 Å². The van der Waals surface area contributed by atoms with Crippen molar-refractivity contribution in [3.63, 3.8) is 0 Å². The van der Waals surface area contributed by atoms with Crippen molar-refractivity contribution < 1.29 is 0 Å². The fourth-order valence-corrected chi connectivity index (χ4v) is 5.03. The lowest BCUT2D eigenvalue weighted by Crippen LogP contribution is -2.19. The number of hydrogen-bond donors (Lipinski definition) is 1. The maximum Gasteiger partial charge on any atom is 0.181 e. The number of nitrogens with zero attached hydrogens (tertiary/aromatic N) is 6. The van der Waals surface area contributed by atoms with Gasteiger partial charge >= 0.3 is 0 Å². The summed E-state index contributed by atoms with van der Waals surface area (Å²) in [6.45, 7) is 2.33. The fourth-order valence-electron chi connectivity index (χ4n) is 5.03. The number of aryl methyl sites for hydroxylation is 2. The minimum absolute atomic E-state index is 0.477. The Balaban J connectivity index is 1.82. The molecule has 1 N–H and O–H groups in total. The van der Waals surface area contributed by atoms with Crippen LogP contribution in [0.15, 0.2) is 12.3 Å². The standard InChI is InChI=1S/C21H27N7/c1-13-8-9-16-15(12-13)18(17-10-11-22-28(17)2)19(21-24-26-27-25-21)20(23-16)14-6-4-3-5-7-14/h10-11,13-14H,3-9,12H2,1-2H3,(H,24,25,26,27). The van der Waals surface area contributed by atoms with Gasteiger partial charge in [-0.2, -0.15) is 5.10 Å². The average molecular weight is 377 g/mol. The highest BCUT2D eigenvalue weighted by atomic mass is 15.5. The van der Waals surface area contributed by atoms with E-state index in [0.717, 1.165) is 29.9 Å². The van der Waals surface area contributed by atoms with Crippen molar-refractivity contribution in [3.8, 4) is 22.6 Å². The van der Waals surface area contributed by atoms with E-state index in [0.29, 0.717) is 11.8 Å². The molecule has 146 valence electrons. The van der Waals surface area contributed by atoms with E-state index < -0.39 is 0 Å². The first-order valence-electron chi connectivity index (χ1n) is 10.5. The number of aromatic amines is 1. The van der Waals surface area contributed by atoms with Crippen molar-refractivity contribution in [1.82, 2.24) is 35.4 Å². The summed E-state index contributed by atoms with van der Waals surface area (Å²) in [7, 11) is 2.01. The molecule has 28 heavy (non-hydrogen) atoms. The summed E-state index contributed by atoms with van der Waals surface area (Å²) in [5.74, 6) is 1.86. The van der Waals surface area contributed by atoms with Gasteiger partial charge in [-0.25, -0.2) is 5.10 Å². The first kappa shape index (κ1) is 17.5. The molecule has 0 aliphatic heterocycles. The van der Waals surface area contributed by atoms with Gasteiger partial charge in [0.15, 0.2) is 5.82 Å². The molecule has 0 amide bonds. The van der Waals surface area contributed by atoms with E-state index in [2.05, 4.69) is 38.7 Å². The van der Waals surface area contributed by atoms with Crippen LogP contribution in [0.5, 0.6) is 0 Å². The Kier molecular flexibility index (Phi) is 4.45. The monoisotopic (exact) mass is 377 g/mol. The molecule has 3 heterocycles. The van der Waals surface area contributed by atoms with Crippen molar-refractivity contribution in [2.24, 2.45) is 13.0 Å². The fraction of sp³-hybridized carbons (Fsp3) is 0.571. The number of hydrogen-bond acceptors (Lipinski definition) is 5. The zero-order chi connectivity index (χ0) is 19.1. The SMILES string of the molecule is CC1CCc2nc(C3CCCCC3)c(-c3nnn[nH]3)c(-c3ccnn3C)c2C1. The van der Waals surface area contributed by atoms with Crippen LogP contribution in [-0.2, 0) is 19.9 Å². The number of tetrazole rings is 1. The molecule has 2 aliphatic carbocycles. The Morgan fingerprint density at radius 1 is 1.11 bits per heavy atom. The largest absolute Gasteiger partial charge is 0.268 e. The molecular formula is C21H27N7. The number of fused-ring (bicyclic) bond motifs is 1. The zero-order valence-corrected chi connectivity index (χ0v) is 16.6. The Morgan fingerprint density at radius 2 is 1.96 bits per heavy atom. The Bertz CT molecular complexity index is 967. The molecule has 0 aromatic carbocycles. The molecule has 1 atom stereocenters. The second-order valence-corrected chi connectivity index (χ2v) is 8.45. The topological polar surface area (TPSA) is 85.2 Å². The number of H-pyrrole nitrogens is 1. The molecule has 0 radical (unpaired) electrons. The first-order valence-corrected chi connectivity index (χ1v) is 10.5. The van der Waals surface area contributed by atoms with E-state index in [1.807, 2.05) is 17.9 Å². The second kappa shape index (κ2) is 7.11. The van der Waals surface area contributed by atoms with Gasteiger partial charge in [-0.1, -0.05) is 26.2 Å². The third-order valence-electron chi connectivity index (χ3n) is 6.49. The van der Waals surface area contributed by atoms with Gasteiger partial charge in [0.05, 0.1) is 17.0 Å². The van der Waals surface area contributed by atoms with Gasteiger partial charge in [0.2, 0.25) is 0 Å². The molecule has 1 fully saturated rings. The van der Waals surface area contributed by atoms with E-state index in [-0.39, 0.29) is 0 Å². The predicted molar refractivity (Wildman–Crippen MR) is 107 cm³/mol. The van der Waals surface area contributed by atoms with Crippen LogP contribution in [-0.4, -0.2) is 35.4 Å². The van der Waals surface area contributed by atoms with E-state index in [4.69, 9.17) is 4.98 Å². The van der Waals surface area contributed by atoms with Crippen LogP contribution in [0.4, 0.5) is 0 Å². The minimum Gasteiger partial charge on any atom is -0.268 e. The number of aromatic nitrogens is 7. The molecule has 5 rings (SSSR count). The summed E-state index contributed by atoms with van der Waals surface area (Å²) < 4.78 is 1.97. The summed E-state index contributed by atoms with van der Waals surface area (Å²) in [4.78, 5) is 5.28. The molecule has 0 saturated heterocycles. The van der Waals surface area contributed by atoms with Gasteiger partial charge in [0, 0.05) is 30.4 Å². The number of rotatable bonds is 3. The van der Waals surface area contributed by atoms with Gasteiger partial charge in [-0.05, 0) is 60.1 Å². The molecule has 3 aromatic rings. The lowest BCUT2D eigenvalue weighted by atomic mass is 9.78. The van der Waals surface area contributed by atoms with Crippen LogP contribution < -0.4 is 0 Å². The van der Waals surface area contributed by atoms with Crippen molar-refractivity contribution in [1.29, 1.82) is 0 Å². The number of nitrogens with one attached hydrogen (secondary N) is 1. The van der Waals surface area contributed by atoms with E-state index >= 15 is 0 Å². The van der Waals surface area contributed by atoms with Crippen LogP contribution in [0.3, 0.4) is 0 Å². The first-order chi connectivity index (χ1) is 13.7. The van der Waals surface area contributed by atoms with Crippen molar-refractivity contribution in [2.75, 3.05) is 0 Å². The maximum atomic E-state index is 5.28. The molecule has 3 aromatic heterocycles. The van der Waals surface area contributed by atoms with Crippen molar-refractivity contribution in [3.05, 3.63) is 29.2 Å². The third kappa shape index (κ3) is 2.93. The maximum absolute atomic E-state index is 5.28. The van der Waals surface area contributed by atoms with Crippen LogP contribution in [0.2, 0.25) is 0 Å². The van der Waals surface area contributed by atoms with Gasteiger partial charge in [0.1, 0.15) is 0 Å². The highest BCUT2D eigenvalue weighted by molar-refractivity contribution is 5.84. The molecule has 7 heteroatoms. The lowest BCUT2D eigenvalue weighted by molar-refractivity contribution is 0.433. The molecular weight excluding hydrogens is 350 g/mol. The predicted octanol–water partition coefficient (Wildman–Crippen LogP) is 3.83. The molecule has 1 unspecified atom stereocenters. The van der Waals surface area contributed by atoms with Gasteiger partial charge < -0.3 is 0 Å². The Labute approximate surface area is 165 Å². The summed E-state index contributed by atoms with van der Waals surface area (Å²) in [6, 6.07) is 2.10. The van der Waals surface area contributed by atoms with Gasteiger partial charge in [-0.15, -0.1) is 5.10 Å². The quantitative estimate of drug-likeness (QED) is 0.750. The van der Waals surface area contributed by atoms with Crippen molar-refractivity contribution >= 4 is 0 Å². The Morgan fingerprint density at radius 3 is 2.68 bits per heavy atom. The van der Waals surface area contributed by atoms with Gasteiger partial charge in [-0.3, -0.25) is 9.67 Å². The van der Waals surface area contributed by atoms with Crippen LogP contribution >= 0.6 is 0 Å². The highest BCUT2D eigenvalue weighted by Gasteiger charge is 2.31. The smallest absolute Gasteiger partial charge is 0.181 e. The second-order valence-electron chi connectivity index (χ2n) is 8.45. The Hall–Kier alpha value is -2.57. The van der Waals surface area contributed by atoms with E-state index in [9.17, 15) is 0 Å². The van der Waals surface area contributed by atoms with Crippen LogP contribution in [0.25, 0.3) is 22.6 Å². The lowest BCUT2D eigenvalue weighted by Gasteiger charge is -2.30. The van der Waals surface area contributed by atoms with Crippen LogP contribution in [0.1, 0.15) is 68.3 Å². The summed E-state index contributed by atoms with van der Waals surface area (Å²) in [5.41, 5.74) is 7.25. The van der Waals surface area contributed by atoms with E-state index in [1.54, 1.807) is 0 Å². The molecule has 1 saturated carbocycles. The minimum atomic E-state index is 0.477. The summed E-state index contributed by atoms with van der Waals surface area (Å²) in [6.07, 6.45) is 11.4. The molecule has 0 bridgehead atoms. The molecule has 2 aliphatic rings. The molecule has 7 nitrogen and oxygen atoms in total. The summed E-state index contributed by atoms with van der Waals surface area (Å²) in [5, 5.41) is 19.6. The van der Waals surface area contributed by atoms with E-state index in [1.165, 1.54) is 61.0 Å². The van der Waals surface area contributed by atoms with Gasteiger partial charge in [0.25, 0.3) is 0 Å².